The van der Waals surface area contributed by atoms with E-state index in [0.717, 1.165) is 12.1 Å². The minimum atomic E-state index is -3.94. The van der Waals surface area contributed by atoms with Crippen molar-refractivity contribution in [1.29, 1.82) is 0 Å². The summed E-state index contributed by atoms with van der Waals surface area (Å²) in [5.74, 6) is -1.00. The molecule has 1 aromatic rings. The first kappa shape index (κ1) is 16.4. The average molecular weight is 303 g/mol. The van der Waals surface area contributed by atoms with Gasteiger partial charge in [0.25, 0.3) is 0 Å². The minimum absolute atomic E-state index is 0.140. The molecule has 112 valence electrons. The van der Waals surface area contributed by atoms with Crippen LogP contribution in [0.15, 0.2) is 23.1 Å². The van der Waals surface area contributed by atoms with E-state index in [-0.39, 0.29) is 16.5 Å². The van der Waals surface area contributed by atoms with E-state index in [1.54, 1.807) is 0 Å². The molecular formula is C12H18FN3O3S. The van der Waals surface area contributed by atoms with Crippen LogP contribution in [0.4, 0.5) is 10.1 Å². The van der Waals surface area contributed by atoms with Crippen molar-refractivity contribution >= 4 is 21.6 Å². The number of nitrogens with two attached hydrogens (primary N) is 1. The molecule has 0 aliphatic carbocycles. The van der Waals surface area contributed by atoms with Crippen LogP contribution < -0.4 is 15.8 Å². The Labute approximate surface area is 117 Å². The Morgan fingerprint density at radius 1 is 1.40 bits per heavy atom. The molecule has 0 heterocycles. The molecule has 0 saturated heterocycles. The highest BCUT2D eigenvalue weighted by atomic mass is 32.2. The number of sulfonamides is 1. The van der Waals surface area contributed by atoms with E-state index in [4.69, 9.17) is 5.73 Å². The molecule has 0 aliphatic heterocycles. The SMILES string of the molecule is CC(C)CNC(=O)CNS(=O)(=O)c1ccc(N)c(F)c1. The van der Waals surface area contributed by atoms with Gasteiger partial charge in [0.2, 0.25) is 15.9 Å². The number of hydrogen-bond donors (Lipinski definition) is 3. The summed E-state index contributed by atoms with van der Waals surface area (Å²) in [6.07, 6.45) is 0. The molecule has 0 saturated carbocycles. The molecule has 0 bridgehead atoms. The molecule has 0 unspecified atom stereocenters. The van der Waals surface area contributed by atoms with Gasteiger partial charge in [0, 0.05) is 6.54 Å². The van der Waals surface area contributed by atoms with E-state index in [1.165, 1.54) is 6.07 Å². The zero-order chi connectivity index (χ0) is 15.3. The molecule has 1 rings (SSSR count). The van der Waals surface area contributed by atoms with Gasteiger partial charge in [-0.05, 0) is 24.1 Å². The molecular weight excluding hydrogens is 285 g/mol. The first-order valence-electron chi connectivity index (χ1n) is 6.04. The summed E-state index contributed by atoms with van der Waals surface area (Å²) in [6, 6.07) is 3.14. The van der Waals surface area contributed by atoms with Gasteiger partial charge in [-0.15, -0.1) is 0 Å². The van der Waals surface area contributed by atoms with E-state index >= 15 is 0 Å². The van der Waals surface area contributed by atoms with Crippen molar-refractivity contribution in [2.45, 2.75) is 18.7 Å². The Hall–Kier alpha value is -1.67. The third kappa shape index (κ3) is 4.78. The third-order valence-electron chi connectivity index (χ3n) is 2.41. The third-order valence-corrected chi connectivity index (χ3v) is 3.81. The standard InChI is InChI=1S/C12H18FN3O3S/c1-8(2)6-15-12(17)7-16-20(18,19)9-3-4-11(14)10(13)5-9/h3-5,8,16H,6-7,14H2,1-2H3,(H,15,17). The number of halogens is 1. The fourth-order valence-corrected chi connectivity index (χ4v) is 2.29. The predicted octanol–water partition coefficient (Wildman–Crippen LogP) is 0.458. The van der Waals surface area contributed by atoms with Crippen LogP contribution in [0.25, 0.3) is 0 Å². The summed E-state index contributed by atoms with van der Waals surface area (Å²) in [7, 11) is -3.94. The van der Waals surface area contributed by atoms with Crippen LogP contribution in [-0.2, 0) is 14.8 Å². The molecule has 0 radical (unpaired) electrons. The highest BCUT2D eigenvalue weighted by Gasteiger charge is 2.17. The molecule has 1 aromatic carbocycles. The Morgan fingerprint density at radius 3 is 2.60 bits per heavy atom. The topological polar surface area (TPSA) is 101 Å². The van der Waals surface area contributed by atoms with Crippen LogP contribution >= 0.6 is 0 Å². The van der Waals surface area contributed by atoms with Gasteiger partial charge in [0.15, 0.2) is 0 Å². The first-order valence-corrected chi connectivity index (χ1v) is 7.52. The van der Waals surface area contributed by atoms with E-state index in [2.05, 4.69) is 10.0 Å². The quantitative estimate of drug-likeness (QED) is 0.664. The Balaban J connectivity index is 2.66. The number of nitrogens with one attached hydrogen (secondary N) is 2. The molecule has 8 heteroatoms. The van der Waals surface area contributed by atoms with Gasteiger partial charge in [-0.1, -0.05) is 13.8 Å². The molecule has 1 amide bonds. The molecule has 6 nitrogen and oxygen atoms in total. The summed E-state index contributed by atoms with van der Waals surface area (Å²) in [6.45, 7) is 3.89. The predicted molar refractivity (Wildman–Crippen MR) is 73.8 cm³/mol. The highest BCUT2D eigenvalue weighted by Crippen LogP contribution is 2.15. The summed E-state index contributed by atoms with van der Waals surface area (Å²) in [5, 5.41) is 2.57. The molecule has 0 aliphatic rings. The van der Waals surface area contributed by atoms with Crippen molar-refractivity contribution in [3.8, 4) is 0 Å². The summed E-state index contributed by atoms with van der Waals surface area (Å²) in [4.78, 5) is 11.1. The second-order valence-electron chi connectivity index (χ2n) is 4.71. The van der Waals surface area contributed by atoms with E-state index in [0.29, 0.717) is 6.54 Å². The number of carbonyl (C=O) groups excluding carboxylic acids is 1. The number of nitrogen functional groups attached to an aromatic ring is 1. The van der Waals surface area contributed by atoms with Crippen molar-refractivity contribution in [3.63, 3.8) is 0 Å². The number of hydrogen-bond acceptors (Lipinski definition) is 4. The first-order chi connectivity index (χ1) is 9.22. The Morgan fingerprint density at radius 2 is 2.05 bits per heavy atom. The van der Waals surface area contributed by atoms with Gasteiger partial charge < -0.3 is 11.1 Å². The van der Waals surface area contributed by atoms with Crippen molar-refractivity contribution in [2.24, 2.45) is 5.92 Å². The fraction of sp³-hybridized carbons (Fsp3) is 0.417. The van der Waals surface area contributed by atoms with E-state index in [1.807, 2.05) is 13.8 Å². The smallest absolute Gasteiger partial charge is 0.241 e. The van der Waals surface area contributed by atoms with Crippen LogP contribution in [0.1, 0.15) is 13.8 Å². The van der Waals surface area contributed by atoms with Gasteiger partial charge in [0.05, 0.1) is 17.1 Å². The summed E-state index contributed by atoms with van der Waals surface area (Å²) in [5.41, 5.74) is 5.13. The molecule has 0 atom stereocenters. The normalized spacial score (nSPS) is 11.6. The van der Waals surface area contributed by atoms with E-state index < -0.39 is 28.3 Å². The largest absolute Gasteiger partial charge is 0.396 e. The second kappa shape index (κ2) is 6.67. The van der Waals surface area contributed by atoms with E-state index in [9.17, 15) is 17.6 Å². The lowest BCUT2D eigenvalue weighted by molar-refractivity contribution is -0.120. The van der Waals surface area contributed by atoms with Gasteiger partial charge in [-0.3, -0.25) is 4.79 Å². The maximum absolute atomic E-state index is 13.2. The fourth-order valence-electron chi connectivity index (χ4n) is 1.30. The van der Waals surface area contributed by atoms with Crippen LogP contribution in [0.2, 0.25) is 0 Å². The molecule has 0 fully saturated rings. The number of amides is 1. The zero-order valence-corrected chi connectivity index (χ0v) is 12.1. The van der Waals surface area contributed by atoms with Crippen molar-refractivity contribution in [3.05, 3.63) is 24.0 Å². The maximum Gasteiger partial charge on any atom is 0.241 e. The second-order valence-corrected chi connectivity index (χ2v) is 6.47. The lowest BCUT2D eigenvalue weighted by atomic mass is 10.2. The van der Waals surface area contributed by atoms with Crippen LogP contribution in [0.5, 0.6) is 0 Å². The lowest BCUT2D eigenvalue weighted by Crippen LogP contribution is -2.38. The minimum Gasteiger partial charge on any atom is -0.396 e. The van der Waals surface area contributed by atoms with Gasteiger partial charge in [-0.2, -0.15) is 0 Å². The van der Waals surface area contributed by atoms with Gasteiger partial charge in [0.1, 0.15) is 5.82 Å². The number of carbonyl (C=O) groups is 1. The number of rotatable bonds is 6. The van der Waals surface area contributed by atoms with Gasteiger partial charge >= 0.3 is 0 Å². The summed E-state index contributed by atoms with van der Waals surface area (Å²) < 4.78 is 39.0. The maximum atomic E-state index is 13.2. The Kier molecular flexibility index (Phi) is 5.46. The van der Waals surface area contributed by atoms with Crippen molar-refractivity contribution in [2.75, 3.05) is 18.8 Å². The zero-order valence-electron chi connectivity index (χ0n) is 11.3. The molecule has 0 spiro atoms. The van der Waals surface area contributed by atoms with Gasteiger partial charge in [-0.25, -0.2) is 17.5 Å². The van der Waals surface area contributed by atoms with Crippen LogP contribution in [0.3, 0.4) is 0 Å². The van der Waals surface area contributed by atoms with Crippen LogP contribution in [0, 0.1) is 11.7 Å². The average Bonchev–Trinajstić information content (AvgIpc) is 2.37. The Bertz CT molecular complexity index is 588. The number of benzene rings is 1. The molecule has 4 N–H and O–H groups in total. The highest BCUT2D eigenvalue weighted by molar-refractivity contribution is 7.89. The van der Waals surface area contributed by atoms with Crippen molar-refractivity contribution in [1.82, 2.24) is 10.0 Å². The molecule has 20 heavy (non-hydrogen) atoms. The van der Waals surface area contributed by atoms with Crippen molar-refractivity contribution < 1.29 is 17.6 Å². The summed E-state index contributed by atoms with van der Waals surface area (Å²) >= 11 is 0. The van der Waals surface area contributed by atoms with Crippen LogP contribution in [-0.4, -0.2) is 27.4 Å². The molecule has 0 aromatic heterocycles. The lowest BCUT2D eigenvalue weighted by Gasteiger charge is -2.09. The number of anilines is 1. The monoisotopic (exact) mass is 303 g/mol.